The summed E-state index contributed by atoms with van der Waals surface area (Å²) in [6.07, 6.45) is 6.50. The first-order valence-electron chi connectivity index (χ1n) is 8.19. The van der Waals surface area contributed by atoms with Gasteiger partial charge in [0.25, 0.3) is 0 Å². The van der Waals surface area contributed by atoms with E-state index in [2.05, 4.69) is 34.7 Å². The molecule has 2 aliphatic rings. The number of nitrogens with one attached hydrogen (secondary N) is 1. The smallest absolute Gasteiger partial charge is 0.217 e. The van der Waals surface area contributed by atoms with Crippen LogP contribution in [0.25, 0.3) is 0 Å². The van der Waals surface area contributed by atoms with Gasteiger partial charge in [0, 0.05) is 30.4 Å². The number of nitrogens with zero attached hydrogens (tertiary/aromatic N) is 1. The van der Waals surface area contributed by atoms with Gasteiger partial charge in [0.05, 0.1) is 6.04 Å². The molecular formula is C17H26N2OS. The lowest BCUT2D eigenvalue weighted by Crippen LogP contribution is -2.43. The SMILES string of the molecule is CC(=O)N[C@@H](CCN1C2CCC1CC(C)C2)c1cccs1. The fourth-order valence-electron chi connectivity index (χ4n) is 4.21. The molecule has 3 rings (SSSR count). The number of piperidine rings is 1. The van der Waals surface area contributed by atoms with Crippen molar-refractivity contribution in [1.29, 1.82) is 0 Å². The van der Waals surface area contributed by atoms with Gasteiger partial charge in [-0.05, 0) is 49.5 Å². The molecule has 3 heterocycles. The Morgan fingerprint density at radius 3 is 2.71 bits per heavy atom. The van der Waals surface area contributed by atoms with E-state index in [1.54, 1.807) is 18.3 Å². The number of hydrogen-bond donors (Lipinski definition) is 1. The summed E-state index contributed by atoms with van der Waals surface area (Å²) in [7, 11) is 0. The number of rotatable bonds is 5. The molecule has 1 N–H and O–H groups in total. The van der Waals surface area contributed by atoms with Crippen molar-refractivity contribution in [2.24, 2.45) is 5.92 Å². The molecule has 3 atom stereocenters. The van der Waals surface area contributed by atoms with Crippen LogP contribution in [-0.2, 0) is 4.79 Å². The van der Waals surface area contributed by atoms with Crippen LogP contribution in [0.15, 0.2) is 17.5 Å². The lowest BCUT2D eigenvalue weighted by Gasteiger charge is -2.38. The van der Waals surface area contributed by atoms with Gasteiger partial charge < -0.3 is 5.32 Å². The van der Waals surface area contributed by atoms with Gasteiger partial charge in [0.15, 0.2) is 0 Å². The summed E-state index contributed by atoms with van der Waals surface area (Å²) in [5, 5.41) is 5.22. The zero-order valence-electron chi connectivity index (χ0n) is 13.0. The van der Waals surface area contributed by atoms with E-state index in [1.807, 2.05) is 0 Å². The highest BCUT2D eigenvalue weighted by Gasteiger charge is 2.39. The van der Waals surface area contributed by atoms with Crippen molar-refractivity contribution in [3.63, 3.8) is 0 Å². The Hall–Kier alpha value is -0.870. The van der Waals surface area contributed by atoms with E-state index in [0.29, 0.717) is 0 Å². The molecule has 1 amide bonds. The second-order valence-corrected chi connectivity index (χ2v) is 7.74. The van der Waals surface area contributed by atoms with Gasteiger partial charge in [-0.1, -0.05) is 13.0 Å². The summed E-state index contributed by atoms with van der Waals surface area (Å²) in [6, 6.07) is 5.97. The molecule has 1 aromatic heterocycles. The Morgan fingerprint density at radius 2 is 2.14 bits per heavy atom. The van der Waals surface area contributed by atoms with Crippen molar-refractivity contribution in [2.45, 2.75) is 64.1 Å². The largest absolute Gasteiger partial charge is 0.349 e. The topological polar surface area (TPSA) is 32.3 Å². The molecule has 21 heavy (non-hydrogen) atoms. The summed E-state index contributed by atoms with van der Waals surface area (Å²) in [5.41, 5.74) is 0. The monoisotopic (exact) mass is 306 g/mol. The highest BCUT2D eigenvalue weighted by molar-refractivity contribution is 7.10. The Labute approximate surface area is 131 Å². The van der Waals surface area contributed by atoms with Crippen molar-refractivity contribution < 1.29 is 4.79 Å². The van der Waals surface area contributed by atoms with Crippen LogP contribution in [-0.4, -0.2) is 29.4 Å². The maximum atomic E-state index is 11.5. The van der Waals surface area contributed by atoms with Crippen LogP contribution < -0.4 is 5.32 Å². The zero-order valence-corrected chi connectivity index (χ0v) is 13.9. The maximum absolute atomic E-state index is 11.5. The molecular weight excluding hydrogens is 280 g/mol. The molecule has 0 radical (unpaired) electrons. The average Bonchev–Trinajstić information content (AvgIpc) is 3.02. The molecule has 116 valence electrons. The van der Waals surface area contributed by atoms with Gasteiger partial charge >= 0.3 is 0 Å². The molecule has 2 fully saturated rings. The number of hydrogen-bond acceptors (Lipinski definition) is 3. The summed E-state index contributed by atoms with van der Waals surface area (Å²) in [6.45, 7) is 5.13. The van der Waals surface area contributed by atoms with Crippen molar-refractivity contribution in [3.05, 3.63) is 22.4 Å². The molecule has 0 spiro atoms. The lowest BCUT2D eigenvalue weighted by molar-refractivity contribution is -0.119. The van der Waals surface area contributed by atoms with E-state index in [4.69, 9.17) is 0 Å². The number of carbonyl (C=O) groups excluding carboxylic acids is 1. The third-order valence-electron chi connectivity index (χ3n) is 5.06. The Bertz CT molecular complexity index is 459. The molecule has 0 aromatic carbocycles. The first-order chi connectivity index (χ1) is 10.1. The fraction of sp³-hybridized carbons (Fsp3) is 0.706. The number of thiophene rings is 1. The van der Waals surface area contributed by atoms with Gasteiger partial charge in [-0.3, -0.25) is 9.69 Å². The van der Waals surface area contributed by atoms with E-state index in [1.165, 1.54) is 30.6 Å². The predicted molar refractivity (Wildman–Crippen MR) is 87.4 cm³/mol. The fourth-order valence-corrected chi connectivity index (χ4v) is 5.02. The maximum Gasteiger partial charge on any atom is 0.217 e. The molecule has 2 bridgehead atoms. The van der Waals surface area contributed by atoms with Gasteiger partial charge in [-0.25, -0.2) is 0 Å². The van der Waals surface area contributed by atoms with Crippen LogP contribution >= 0.6 is 11.3 Å². The van der Waals surface area contributed by atoms with Crippen molar-refractivity contribution >= 4 is 17.2 Å². The molecule has 3 nitrogen and oxygen atoms in total. The minimum atomic E-state index is 0.0728. The van der Waals surface area contributed by atoms with Crippen LogP contribution in [0.3, 0.4) is 0 Å². The van der Waals surface area contributed by atoms with Crippen LogP contribution in [0.5, 0.6) is 0 Å². The second-order valence-electron chi connectivity index (χ2n) is 6.76. The molecule has 2 unspecified atom stereocenters. The minimum Gasteiger partial charge on any atom is -0.349 e. The van der Waals surface area contributed by atoms with Gasteiger partial charge in [0.2, 0.25) is 5.91 Å². The van der Waals surface area contributed by atoms with Gasteiger partial charge in [-0.15, -0.1) is 11.3 Å². The number of fused-ring (bicyclic) bond motifs is 2. The Morgan fingerprint density at radius 1 is 1.43 bits per heavy atom. The van der Waals surface area contributed by atoms with Crippen LogP contribution in [0, 0.1) is 5.92 Å². The van der Waals surface area contributed by atoms with E-state index in [9.17, 15) is 4.79 Å². The van der Waals surface area contributed by atoms with Crippen molar-refractivity contribution in [1.82, 2.24) is 10.2 Å². The quantitative estimate of drug-likeness (QED) is 0.902. The first kappa shape index (κ1) is 15.0. The molecule has 2 aliphatic heterocycles. The summed E-state index contributed by atoms with van der Waals surface area (Å²) >= 11 is 1.74. The Balaban J connectivity index is 1.61. The average molecular weight is 306 g/mol. The van der Waals surface area contributed by atoms with Crippen molar-refractivity contribution in [3.8, 4) is 0 Å². The lowest BCUT2D eigenvalue weighted by atomic mass is 9.92. The van der Waals surface area contributed by atoms with E-state index < -0.39 is 0 Å². The summed E-state index contributed by atoms with van der Waals surface area (Å²) in [5.74, 6) is 0.964. The minimum absolute atomic E-state index is 0.0728. The highest BCUT2D eigenvalue weighted by Crippen LogP contribution is 2.39. The van der Waals surface area contributed by atoms with Crippen LogP contribution in [0.2, 0.25) is 0 Å². The number of amides is 1. The van der Waals surface area contributed by atoms with E-state index >= 15 is 0 Å². The summed E-state index contributed by atoms with van der Waals surface area (Å²) < 4.78 is 0. The molecule has 1 aromatic rings. The number of carbonyl (C=O) groups is 1. The second kappa shape index (κ2) is 6.49. The van der Waals surface area contributed by atoms with Crippen LogP contribution in [0.1, 0.15) is 56.9 Å². The normalized spacial score (nSPS) is 30.3. The van der Waals surface area contributed by atoms with E-state index in [0.717, 1.165) is 31.0 Å². The van der Waals surface area contributed by atoms with Crippen LogP contribution in [0.4, 0.5) is 0 Å². The summed E-state index contributed by atoms with van der Waals surface area (Å²) in [4.78, 5) is 15.5. The first-order valence-corrected chi connectivity index (χ1v) is 9.07. The zero-order chi connectivity index (χ0) is 14.8. The standard InChI is InChI=1S/C17H26N2OS/c1-12-10-14-5-6-15(11-12)19(14)8-7-16(18-13(2)20)17-4-3-9-21-17/h3-4,9,12,14-16H,5-8,10-11H2,1-2H3,(H,18,20)/t12?,14?,15?,16-/m0/s1. The van der Waals surface area contributed by atoms with E-state index in [-0.39, 0.29) is 11.9 Å². The predicted octanol–water partition coefficient (Wildman–Crippen LogP) is 3.58. The van der Waals surface area contributed by atoms with Crippen molar-refractivity contribution in [2.75, 3.05) is 6.54 Å². The van der Waals surface area contributed by atoms with Gasteiger partial charge in [0.1, 0.15) is 0 Å². The highest BCUT2D eigenvalue weighted by atomic mass is 32.1. The third-order valence-corrected chi connectivity index (χ3v) is 6.05. The van der Waals surface area contributed by atoms with Gasteiger partial charge in [-0.2, -0.15) is 0 Å². The molecule has 0 saturated carbocycles. The Kier molecular flexibility index (Phi) is 4.65. The third kappa shape index (κ3) is 3.49. The molecule has 4 heteroatoms. The molecule has 0 aliphatic carbocycles. The molecule has 2 saturated heterocycles.